The number of halogens is 1. The lowest BCUT2D eigenvalue weighted by atomic mass is 9.93. The van der Waals surface area contributed by atoms with Gasteiger partial charge in [0.05, 0.1) is 0 Å². The van der Waals surface area contributed by atoms with Gasteiger partial charge in [-0.15, -0.1) is 0 Å². The van der Waals surface area contributed by atoms with E-state index in [9.17, 15) is 9.59 Å². The SMILES string of the molecule is O=C(CCC(=O)c1cc2ccccc2c2ccccc12)c1ccc(Br)cc1. The zero-order valence-electron chi connectivity index (χ0n) is 14.6. The highest BCUT2D eigenvalue weighted by Crippen LogP contribution is 2.29. The van der Waals surface area contributed by atoms with Crippen LogP contribution in [0.5, 0.6) is 0 Å². The standard InChI is InChI=1S/C24H17BrO2/c25-18-11-9-16(10-12-18)23(26)13-14-24(27)22-15-17-5-1-2-6-19(17)20-7-3-4-8-21(20)22/h1-12,15H,13-14H2. The summed E-state index contributed by atoms with van der Waals surface area (Å²) < 4.78 is 0.928. The van der Waals surface area contributed by atoms with Crippen LogP contribution in [0.3, 0.4) is 0 Å². The van der Waals surface area contributed by atoms with Crippen LogP contribution in [-0.4, -0.2) is 11.6 Å². The fraction of sp³-hybridized carbons (Fsp3) is 0.0833. The molecule has 0 spiro atoms. The first-order chi connectivity index (χ1) is 13.1. The first-order valence-electron chi connectivity index (χ1n) is 8.86. The molecule has 0 heterocycles. The van der Waals surface area contributed by atoms with E-state index in [1.165, 1.54) is 0 Å². The van der Waals surface area contributed by atoms with Gasteiger partial charge in [-0.1, -0.05) is 76.6 Å². The first kappa shape index (κ1) is 17.6. The Bertz CT molecular complexity index is 1160. The van der Waals surface area contributed by atoms with Gasteiger partial charge in [-0.05, 0) is 39.7 Å². The lowest BCUT2D eigenvalue weighted by Crippen LogP contribution is -2.06. The Morgan fingerprint density at radius 1 is 0.667 bits per heavy atom. The molecule has 0 bridgehead atoms. The molecule has 3 heteroatoms. The van der Waals surface area contributed by atoms with Crippen molar-refractivity contribution in [2.75, 3.05) is 0 Å². The molecule has 0 saturated heterocycles. The Morgan fingerprint density at radius 3 is 2.00 bits per heavy atom. The summed E-state index contributed by atoms with van der Waals surface area (Å²) in [6.45, 7) is 0. The highest BCUT2D eigenvalue weighted by molar-refractivity contribution is 9.10. The molecular formula is C24H17BrO2. The van der Waals surface area contributed by atoms with Gasteiger partial charge in [-0.2, -0.15) is 0 Å². The second-order valence-electron chi connectivity index (χ2n) is 6.54. The number of hydrogen-bond donors (Lipinski definition) is 0. The van der Waals surface area contributed by atoms with Crippen LogP contribution in [0, 0.1) is 0 Å². The number of rotatable bonds is 5. The number of carbonyl (C=O) groups is 2. The molecule has 0 radical (unpaired) electrons. The largest absolute Gasteiger partial charge is 0.294 e. The smallest absolute Gasteiger partial charge is 0.163 e. The predicted molar refractivity (Wildman–Crippen MR) is 113 cm³/mol. The minimum atomic E-state index is -0.0130. The molecule has 0 N–H and O–H groups in total. The van der Waals surface area contributed by atoms with Gasteiger partial charge in [-0.25, -0.2) is 0 Å². The van der Waals surface area contributed by atoms with Gasteiger partial charge >= 0.3 is 0 Å². The van der Waals surface area contributed by atoms with E-state index >= 15 is 0 Å². The summed E-state index contributed by atoms with van der Waals surface area (Å²) in [5.74, 6) is -0.0108. The number of benzene rings is 4. The Hall–Kier alpha value is -2.78. The first-order valence-corrected chi connectivity index (χ1v) is 9.65. The number of hydrogen-bond acceptors (Lipinski definition) is 2. The van der Waals surface area contributed by atoms with Crippen LogP contribution in [0.25, 0.3) is 21.5 Å². The molecule has 0 fully saturated rings. The highest BCUT2D eigenvalue weighted by Gasteiger charge is 2.15. The fourth-order valence-electron chi connectivity index (χ4n) is 3.43. The average molecular weight is 417 g/mol. The van der Waals surface area contributed by atoms with Gasteiger partial charge in [-0.3, -0.25) is 9.59 Å². The van der Waals surface area contributed by atoms with Gasteiger partial charge in [0.15, 0.2) is 11.6 Å². The molecule has 2 nitrogen and oxygen atoms in total. The quantitative estimate of drug-likeness (QED) is 0.271. The third-order valence-corrected chi connectivity index (χ3v) is 5.34. The molecule has 27 heavy (non-hydrogen) atoms. The van der Waals surface area contributed by atoms with Crippen molar-refractivity contribution in [3.05, 3.63) is 94.5 Å². The molecular weight excluding hydrogens is 400 g/mol. The maximum atomic E-state index is 12.9. The average Bonchev–Trinajstić information content (AvgIpc) is 2.71. The lowest BCUT2D eigenvalue weighted by molar-refractivity contribution is 0.0918. The van der Waals surface area contributed by atoms with Crippen LogP contribution < -0.4 is 0 Å². The lowest BCUT2D eigenvalue weighted by Gasteiger charge is -2.10. The van der Waals surface area contributed by atoms with E-state index in [-0.39, 0.29) is 24.4 Å². The Morgan fingerprint density at radius 2 is 1.26 bits per heavy atom. The topological polar surface area (TPSA) is 34.1 Å². The second kappa shape index (κ2) is 7.45. The van der Waals surface area contributed by atoms with Crippen molar-refractivity contribution in [2.24, 2.45) is 0 Å². The molecule has 0 aromatic heterocycles. The number of fused-ring (bicyclic) bond motifs is 3. The van der Waals surface area contributed by atoms with Crippen LogP contribution >= 0.6 is 15.9 Å². The predicted octanol–water partition coefficient (Wildman–Crippen LogP) is 6.60. The summed E-state index contributed by atoms with van der Waals surface area (Å²) in [7, 11) is 0. The molecule has 0 aliphatic carbocycles. The summed E-state index contributed by atoms with van der Waals surface area (Å²) in [6.07, 6.45) is 0.416. The molecule has 0 saturated carbocycles. The summed E-state index contributed by atoms with van der Waals surface area (Å²) >= 11 is 3.36. The van der Waals surface area contributed by atoms with Crippen molar-refractivity contribution >= 4 is 49.0 Å². The van der Waals surface area contributed by atoms with E-state index in [0.717, 1.165) is 26.0 Å². The normalized spacial score (nSPS) is 11.0. The van der Waals surface area contributed by atoms with Crippen LogP contribution in [0.15, 0.2) is 83.3 Å². The Kier molecular flexibility index (Phi) is 4.87. The molecule has 0 atom stereocenters. The Labute approximate surface area is 166 Å². The van der Waals surface area contributed by atoms with Crippen LogP contribution in [0.2, 0.25) is 0 Å². The van der Waals surface area contributed by atoms with Crippen LogP contribution in [-0.2, 0) is 0 Å². The van der Waals surface area contributed by atoms with Gasteiger partial charge in [0.2, 0.25) is 0 Å². The van der Waals surface area contributed by atoms with E-state index in [2.05, 4.69) is 22.0 Å². The minimum absolute atomic E-state index is 0.00224. The summed E-state index contributed by atoms with van der Waals surface area (Å²) in [5, 5.41) is 4.19. The number of carbonyl (C=O) groups excluding carboxylic acids is 2. The zero-order valence-corrected chi connectivity index (χ0v) is 16.2. The van der Waals surface area contributed by atoms with E-state index < -0.39 is 0 Å². The third-order valence-electron chi connectivity index (χ3n) is 4.81. The van der Waals surface area contributed by atoms with Crippen molar-refractivity contribution in [3.63, 3.8) is 0 Å². The van der Waals surface area contributed by atoms with Gasteiger partial charge in [0.25, 0.3) is 0 Å². The maximum absolute atomic E-state index is 12.9. The van der Waals surface area contributed by atoms with E-state index in [1.54, 1.807) is 12.1 Å². The van der Waals surface area contributed by atoms with E-state index in [4.69, 9.17) is 0 Å². The van der Waals surface area contributed by atoms with E-state index in [1.807, 2.05) is 60.7 Å². The molecule has 0 amide bonds. The van der Waals surface area contributed by atoms with Crippen molar-refractivity contribution < 1.29 is 9.59 Å². The minimum Gasteiger partial charge on any atom is -0.294 e. The van der Waals surface area contributed by atoms with Crippen LogP contribution in [0.1, 0.15) is 33.6 Å². The maximum Gasteiger partial charge on any atom is 0.163 e. The fourth-order valence-corrected chi connectivity index (χ4v) is 3.69. The molecule has 0 unspecified atom stereocenters. The zero-order chi connectivity index (χ0) is 18.8. The molecule has 4 aromatic rings. The summed E-state index contributed by atoms with van der Waals surface area (Å²) in [4.78, 5) is 25.3. The van der Waals surface area contributed by atoms with Crippen molar-refractivity contribution in [1.82, 2.24) is 0 Å². The molecule has 0 aliphatic heterocycles. The van der Waals surface area contributed by atoms with Gasteiger partial charge in [0, 0.05) is 28.4 Å². The summed E-state index contributed by atoms with van der Waals surface area (Å²) in [6, 6.07) is 25.2. The van der Waals surface area contributed by atoms with Gasteiger partial charge < -0.3 is 0 Å². The Balaban J connectivity index is 1.64. The summed E-state index contributed by atoms with van der Waals surface area (Å²) in [5.41, 5.74) is 1.32. The van der Waals surface area contributed by atoms with Crippen molar-refractivity contribution in [2.45, 2.75) is 12.8 Å². The molecule has 132 valence electrons. The van der Waals surface area contributed by atoms with Crippen molar-refractivity contribution in [1.29, 1.82) is 0 Å². The second-order valence-corrected chi connectivity index (χ2v) is 7.46. The molecule has 4 aromatic carbocycles. The van der Waals surface area contributed by atoms with Crippen LogP contribution in [0.4, 0.5) is 0 Å². The third kappa shape index (κ3) is 3.56. The van der Waals surface area contributed by atoms with E-state index in [0.29, 0.717) is 11.1 Å². The van der Waals surface area contributed by atoms with Gasteiger partial charge in [0.1, 0.15) is 0 Å². The number of Topliss-reactive ketones (excluding diaryl/α,β-unsaturated/α-hetero) is 2. The number of ketones is 2. The van der Waals surface area contributed by atoms with Crippen molar-refractivity contribution in [3.8, 4) is 0 Å². The monoisotopic (exact) mass is 416 g/mol. The molecule has 0 aliphatic rings. The highest BCUT2D eigenvalue weighted by atomic mass is 79.9. The molecule has 4 rings (SSSR count).